The van der Waals surface area contributed by atoms with Crippen molar-refractivity contribution in [1.82, 2.24) is 0 Å². The maximum absolute atomic E-state index is 12.9. The SMILES string of the molecule is CCC/C=C\CCCCCCCC(=O)OC(COC(=O)CCCCCCCCCCCCC)COC1OC(COC2OC(CO)C(O)C(O)C2O)C(O)C(O)C1O. The van der Waals surface area contributed by atoms with Crippen molar-refractivity contribution in [3.63, 3.8) is 0 Å². The zero-order valence-electron chi connectivity index (χ0n) is 34.6. The summed E-state index contributed by atoms with van der Waals surface area (Å²) in [5, 5.41) is 71.7. The van der Waals surface area contributed by atoms with Crippen LogP contribution in [-0.4, -0.2) is 142 Å². The maximum atomic E-state index is 12.9. The van der Waals surface area contributed by atoms with Gasteiger partial charge in [0.15, 0.2) is 18.7 Å². The van der Waals surface area contributed by atoms with Crippen molar-refractivity contribution in [2.75, 3.05) is 26.4 Å². The monoisotopic (exact) mass is 821 g/mol. The van der Waals surface area contributed by atoms with Crippen LogP contribution in [0.3, 0.4) is 0 Å². The molecule has 0 bridgehead atoms. The summed E-state index contributed by atoms with van der Waals surface area (Å²) in [6.45, 7) is 2.48. The van der Waals surface area contributed by atoms with Crippen LogP contribution >= 0.6 is 0 Å². The van der Waals surface area contributed by atoms with Crippen molar-refractivity contribution < 1.29 is 73.8 Å². The van der Waals surface area contributed by atoms with E-state index < -0.39 is 92.7 Å². The molecular formula is C42H76O15. The van der Waals surface area contributed by atoms with Crippen LogP contribution in [0.15, 0.2) is 12.2 Å². The Balaban J connectivity index is 1.88. The van der Waals surface area contributed by atoms with Gasteiger partial charge in [-0.1, -0.05) is 116 Å². The van der Waals surface area contributed by atoms with E-state index >= 15 is 0 Å². The fourth-order valence-corrected chi connectivity index (χ4v) is 6.81. The van der Waals surface area contributed by atoms with Crippen molar-refractivity contribution in [3.8, 4) is 0 Å². The van der Waals surface area contributed by atoms with E-state index in [2.05, 4.69) is 26.0 Å². The summed E-state index contributed by atoms with van der Waals surface area (Å²) in [7, 11) is 0. The first-order valence-corrected chi connectivity index (χ1v) is 21.8. The van der Waals surface area contributed by atoms with Gasteiger partial charge in [0.25, 0.3) is 0 Å². The van der Waals surface area contributed by atoms with Crippen LogP contribution in [0.1, 0.15) is 149 Å². The molecule has 2 heterocycles. The molecular weight excluding hydrogens is 744 g/mol. The molecule has 0 aromatic rings. The van der Waals surface area contributed by atoms with Gasteiger partial charge in [0.2, 0.25) is 0 Å². The van der Waals surface area contributed by atoms with E-state index in [9.17, 15) is 45.3 Å². The fourth-order valence-electron chi connectivity index (χ4n) is 6.81. The number of carbonyl (C=O) groups is 2. The van der Waals surface area contributed by atoms with Crippen LogP contribution in [0.5, 0.6) is 0 Å². The molecule has 11 unspecified atom stereocenters. The number of allylic oxidation sites excluding steroid dienone is 2. The first-order valence-electron chi connectivity index (χ1n) is 21.8. The molecule has 0 aliphatic carbocycles. The van der Waals surface area contributed by atoms with Crippen LogP contribution in [0.25, 0.3) is 0 Å². The third kappa shape index (κ3) is 20.9. The van der Waals surface area contributed by atoms with Crippen molar-refractivity contribution >= 4 is 11.9 Å². The van der Waals surface area contributed by atoms with E-state index in [1.54, 1.807) is 0 Å². The molecule has 2 saturated heterocycles. The molecule has 57 heavy (non-hydrogen) atoms. The van der Waals surface area contributed by atoms with Crippen LogP contribution in [-0.2, 0) is 38.0 Å². The second-order valence-corrected chi connectivity index (χ2v) is 15.5. The average molecular weight is 821 g/mol. The van der Waals surface area contributed by atoms with Crippen molar-refractivity contribution in [3.05, 3.63) is 12.2 Å². The van der Waals surface area contributed by atoms with Gasteiger partial charge < -0.3 is 64.2 Å². The van der Waals surface area contributed by atoms with Crippen LogP contribution in [0.4, 0.5) is 0 Å². The number of aliphatic hydroxyl groups is 7. The zero-order chi connectivity index (χ0) is 41.8. The summed E-state index contributed by atoms with van der Waals surface area (Å²) in [5.41, 5.74) is 0. The van der Waals surface area contributed by atoms with Crippen molar-refractivity contribution in [2.45, 2.75) is 216 Å². The summed E-state index contributed by atoms with van der Waals surface area (Å²) in [6, 6.07) is 0. The highest BCUT2D eigenvalue weighted by atomic mass is 16.7. The van der Waals surface area contributed by atoms with Gasteiger partial charge in [-0.2, -0.15) is 0 Å². The summed E-state index contributed by atoms with van der Waals surface area (Å²) in [6.07, 6.45) is 8.46. The van der Waals surface area contributed by atoms with Crippen LogP contribution in [0.2, 0.25) is 0 Å². The minimum Gasteiger partial charge on any atom is -0.462 e. The number of esters is 2. The number of carbonyl (C=O) groups excluding carboxylic acids is 2. The molecule has 0 aromatic carbocycles. The molecule has 2 aliphatic heterocycles. The highest BCUT2D eigenvalue weighted by molar-refractivity contribution is 5.70. The Kier molecular flexibility index (Phi) is 28.1. The largest absolute Gasteiger partial charge is 0.462 e. The molecule has 0 saturated carbocycles. The predicted molar refractivity (Wildman–Crippen MR) is 211 cm³/mol. The molecule has 15 nitrogen and oxygen atoms in total. The average Bonchev–Trinajstić information content (AvgIpc) is 3.20. The first kappa shape index (κ1) is 51.4. The zero-order valence-corrected chi connectivity index (χ0v) is 34.6. The lowest BCUT2D eigenvalue weighted by Crippen LogP contribution is -2.61. The minimum atomic E-state index is -1.76. The minimum absolute atomic E-state index is 0.157. The van der Waals surface area contributed by atoms with E-state index in [1.807, 2.05) is 0 Å². The number of rotatable bonds is 32. The van der Waals surface area contributed by atoms with Crippen LogP contribution in [0, 0.1) is 0 Å². The lowest BCUT2D eigenvalue weighted by atomic mass is 9.98. The Hall–Kier alpha value is -1.76. The van der Waals surface area contributed by atoms with Gasteiger partial charge >= 0.3 is 11.9 Å². The topological polar surface area (TPSA) is 231 Å². The molecule has 15 heteroatoms. The number of aliphatic hydroxyl groups excluding tert-OH is 7. The summed E-state index contributed by atoms with van der Waals surface area (Å²) >= 11 is 0. The third-order valence-corrected chi connectivity index (χ3v) is 10.5. The van der Waals surface area contributed by atoms with Crippen molar-refractivity contribution in [1.29, 1.82) is 0 Å². The Bertz CT molecular complexity index is 1060. The lowest BCUT2D eigenvalue weighted by Gasteiger charge is -2.42. The van der Waals surface area contributed by atoms with Gasteiger partial charge in [0.1, 0.15) is 55.4 Å². The maximum Gasteiger partial charge on any atom is 0.306 e. The molecule has 0 aromatic heterocycles. The highest BCUT2D eigenvalue weighted by Crippen LogP contribution is 2.26. The summed E-state index contributed by atoms with van der Waals surface area (Å²) in [5.74, 6) is -0.937. The second kappa shape index (κ2) is 31.2. The summed E-state index contributed by atoms with van der Waals surface area (Å²) in [4.78, 5) is 25.5. The molecule has 2 aliphatic rings. The van der Waals surface area contributed by atoms with E-state index in [1.165, 1.54) is 44.9 Å². The summed E-state index contributed by atoms with van der Waals surface area (Å²) < 4.78 is 33.3. The highest BCUT2D eigenvalue weighted by Gasteiger charge is 2.47. The van der Waals surface area contributed by atoms with Gasteiger partial charge in [0, 0.05) is 12.8 Å². The smallest absolute Gasteiger partial charge is 0.306 e. The molecule has 7 N–H and O–H groups in total. The molecule has 0 spiro atoms. The Labute approximate surface area is 340 Å². The molecule has 11 atom stereocenters. The van der Waals surface area contributed by atoms with Crippen LogP contribution < -0.4 is 0 Å². The van der Waals surface area contributed by atoms with E-state index in [0.29, 0.717) is 12.8 Å². The van der Waals surface area contributed by atoms with E-state index in [4.69, 9.17) is 28.4 Å². The van der Waals surface area contributed by atoms with Gasteiger partial charge in [-0.3, -0.25) is 9.59 Å². The second-order valence-electron chi connectivity index (χ2n) is 15.5. The number of hydrogen-bond donors (Lipinski definition) is 7. The van der Waals surface area contributed by atoms with Crippen molar-refractivity contribution in [2.24, 2.45) is 0 Å². The molecule has 2 rings (SSSR count). The Morgan fingerprint density at radius 1 is 0.544 bits per heavy atom. The van der Waals surface area contributed by atoms with Gasteiger partial charge in [-0.05, 0) is 32.1 Å². The lowest BCUT2D eigenvalue weighted by molar-refractivity contribution is -0.332. The molecule has 2 fully saturated rings. The Morgan fingerprint density at radius 3 is 1.61 bits per heavy atom. The Morgan fingerprint density at radius 2 is 1.04 bits per heavy atom. The predicted octanol–water partition coefficient (Wildman–Crippen LogP) is 3.87. The fraction of sp³-hybridized carbons (Fsp3) is 0.905. The molecule has 334 valence electrons. The van der Waals surface area contributed by atoms with E-state index in [0.717, 1.165) is 64.2 Å². The van der Waals surface area contributed by atoms with Gasteiger partial charge in [-0.25, -0.2) is 0 Å². The molecule has 0 amide bonds. The number of unbranched alkanes of at least 4 members (excludes halogenated alkanes) is 16. The standard InChI is InChI=1S/C42H76O15/c1-3-5-7-9-11-13-15-17-18-20-22-24-33(44)52-27-30(55-34(45)25-23-21-19-16-14-12-10-8-6-4-2)28-53-41-40(51)38(49)36(47)32(57-41)29-54-42-39(50)37(48)35(46)31(26-43)56-42/h8,10,30-32,35-43,46-51H,3-7,9,11-29H2,1-2H3/b10-8-. The normalized spacial score (nSPS) is 28.4. The number of ether oxygens (including phenoxy) is 6. The third-order valence-electron chi connectivity index (χ3n) is 10.5. The molecule has 0 radical (unpaired) electrons. The van der Waals surface area contributed by atoms with Gasteiger partial charge in [0.05, 0.1) is 19.8 Å². The van der Waals surface area contributed by atoms with Gasteiger partial charge in [-0.15, -0.1) is 0 Å². The quantitative estimate of drug-likeness (QED) is 0.0290. The van der Waals surface area contributed by atoms with E-state index in [-0.39, 0.29) is 26.1 Å². The first-order chi connectivity index (χ1) is 27.5. The number of hydrogen-bond acceptors (Lipinski definition) is 15.